The molecule has 0 heterocycles. The molecule has 0 bridgehead atoms. The van der Waals surface area contributed by atoms with Crippen molar-refractivity contribution in [1.29, 1.82) is 0 Å². The molecule has 80 valence electrons. The smallest absolute Gasteiger partial charge is 0.317 e. The van der Waals surface area contributed by atoms with Gasteiger partial charge in [-0.3, -0.25) is 19.3 Å². The number of amides is 2. The van der Waals surface area contributed by atoms with Gasteiger partial charge in [-0.2, -0.15) is 0 Å². The van der Waals surface area contributed by atoms with Crippen LogP contribution in [0.4, 0.5) is 0 Å². The monoisotopic (exact) mass is 203 g/mol. The van der Waals surface area contributed by atoms with Crippen molar-refractivity contribution in [2.75, 3.05) is 13.1 Å². The number of nitrogens with zero attached hydrogens (tertiary/aromatic N) is 1. The molecule has 0 fully saturated rings. The Hall–Kier alpha value is -1.63. The Bertz CT molecular complexity index is 237. The molecule has 0 aliphatic carbocycles. The molecule has 0 aromatic heterocycles. The highest BCUT2D eigenvalue weighted by molar-refractivity contribution is 5.82. The van der Waals surface area contributed by atoms with Crippen molar-refractivity contribution < 1.29 is 19.5 Å². The van der Waals surface area contributed by atoms with E-state index in [2.05, 4.69) is 0 Å². The molecule has 5 N–H and O–H groups in total. The molecule has 0 spiro atoms. The molecule has 2 amide bonds. The number of carboxylic acids is 1. The lowest BCUT2D eigenvalue weighted by molar-refractivity contribution is -0.140. The Morgan fingerprint density at radius 1 is 1.29 bits per heavy atom. The quantitative estimate of drug-likeness (QED) is 0.448. The predicted octanol–water partition coefficient (Wildman–Crippen LogP) is -2.27. The van der Waals surface area contributed by atoms with Gasteiger partial charge in [-0.05, 0) is 6.92 Å². The van der Waals surface area contributed by atoms with Crippen LogP contribution in [0.1, 0.15) is 6.92 Å². The van der Waals surface area contributed by atoms with Crippen LogP contribution < -0.4 is 11.5 Å². The minimum Gasteiger partial charge on any atom is -0.480 e. The lowest BCUT2D eigenvalue weighted by atomic mass is 10.2. The average molecular weight is 203 g/mol. The van der Waals surface area contributed by atoms with Crippen molar-refractivity contribution >= 4 is 17.8 Å². The fourth-order valence-electron chi connectivity index (χ4n) is 0.884. The Labute approximate surface area is 80.6 Å². The van der Waals surface area contributed by atoms with E-state index in [0.29, 0.717) is 0 Å². The van der Waals surface area contributed by atoms with Crippen LogP contribution in [-0.4, -0.2) is 46.9 Å². The zero-order valence-corrected chi connectivity index (χ0v) is 7.77. The van der Waals surface area contributed by atoms with E-state index in [1.807, 2.05) is 0 Å². The predicted molar refractivity (Wildman–Crippen MR) is 47.1 cm³/mol. The van der Waals surface area contributed by atoms with E-state index in [0.717, 1.165) is 4.90 Å². The summed E-state index contributed by atoms with van der Waals surface area (Å²) in [5.41, 5.74) is 9.84. The fraction of sp³-hybridized carbons (Fsp3) is 0.571. The standard InChI is InChI=1S/C7H13N3O4/c1-4(7(9)14)10(2-5(8)11)3-6(12)13/h4H,2-3H2,1H3,(H2,8,11)(H2,9,14)(H,12,13). The number of primary amides is 2. The Kier molecular flexibility index (Phi) is 4.57. The van der Waals surface area contributed by atoms with E-state index >= 15 is 0 Å². The van der Waals surface area contributed by atoms with Gasteiger partial charge in [-0.1, -0.05) is 0 Å². The summed E-state index contributed by atoms with van der Waals surface area (Å²) >= 11 is 0. The summed E-state index contributed by atoms with van der Waals surface area (Å²) in [6.45, 7) is 0.650. The first-order valence-electron chi connectivity index (χ1n) is 3.88. The summed E-state index contributed by atoms with van der Waals surface area (Å²) in [5.74, 6) is -2.56. The molecule has 0 aliphatic heterocycles. The molecule has 0 radical (unpaired) electrons. The maximum atomic E-state index is 10.7. The van der Waals surface area contributed by atoms with Crippen LogP contribution in [0.2, 0.25) is 0 Å². The summed E-state index contributed by atoms with van der Waals surface area (Å²) in [4.78, 5) is 32.8. The SMILES string of the molecule is CC(C(N)=O)N(CC(N)=O)CC(=O)O. The maximum absolute atomic E-state index is 10.7. The van der Waals surface area contributed by atoms with Gasteiger partial charge in [0.25, 0.3) is 0 Å². The van der Waals surface area contributed by atoms with Crippen molar-refractivity contribution in [3.05, 3.63) is 0 Å². The topological polar surface area (TPSA) is 127 Å². The molecule has 1 unspecified atom stereocenters. The van der Waals surface area contributed by atoms with Gasteiger partial charge in [-0.15, -0.1) is 0 Å². The van der Waals surface area contributed by atoms with Gasteiger partial charge in [0.1, 0.15) is 0 Å². The molecule has 0 aromatic carbocycles. The van der Waals surface area contributed by atoms with Gasteiger partial charge in [0.15, 0.2) is 0 Å². The number of carboxylic acid groups (broad SMARTS) is 1. The molecular formula is C7H13N3O4. The molecule has 14 heavy (non-hydrogen) atoms. The zero-order chi connectivity index (χ0) is 11.3. The number of carbonyl (C=O) groups is 3. The van der Waals surface area contributed by atoms with Crippen LogP contribution in [0.3, 0.4) is 0 Å². The molecule has 0 aliphatic rings. The molecular weight excluding hydrogens is 190 g/mol. The number of aliphatic carboxylic acids is 1. The van der Waals surface area contributed by atoms with Gasteiger partial charge < -0.3 is 16.6 Å². The summed E-state index contributed by atoms with van der Waals surface area (Å²) in [5, 5.41) is 8.48. The zero-order valence-electron chi connectivity index (χ0n) is 7.77. The van der Waals surface area contributed by atoms with E-state index in [1.54, 1.807) is 0 Å². The number of hydrogen-bond acceptors (Lipinski definition) is 4. The first-order chi connectivity index (χ1) is 6.34. The van der Waals surface area contributed by atoms with Crippen LogP contribution in [0.5, 0.6) is 0 Å². The highest BCUT2D eigenvalue weighted by atomic mass is 16.4. The molecule has 0 rings (SSSR count). The van der Waals surface area contributed by atoms with Crippen molar-refractivity contribution in [3.63, 3.8) is 0 Å². The highest BCUT2D eigenvalue weighted by Crippen LogP contribution is 1.97. The van der Waals surface area contributed by atoms with Crippen LogP contribution in [0, 0.1) is 0 Å². The van der Waals surface area contributed by atoms with Crippen molar-refractivity contribution in [1.82, 2.24) is 4.90 Å². The van der Waals surface area contributed by atoms with E-state index in [1.165, 1.54) is 6.92 Å². The number of hydrogen-bond donors (Lipinski definition) is 3. The molecule has 0 saturated heterocycles. The molecule has 0 saturated carbocycles. The van der Waals surface area contributed by atoms with E-state index in [4.69, 9.17) is 16.6 Å². The van der Waals surface area contributed by atoms with Crippen LogP contribution >= 0.6 is 0 Å². The van der Waals surface area contributed by atoms with Crippen molar-refractivity contribution in [2.24, 2.45) is 11.5 Å². The van der Waals surface area contributed by atoms with Gasteiger partial charge in [-0.25, -0.2) is 0 Å². The van der Waals surface area contributed by atoms with Crippen molar-refractivity contribution in [3.8, 4) is 0 Å². The van der Waals surface area contributed by atoms with E-state index < -0.39 is 30.4 Å². The third-order valence-electron chi connectivity index (χ3n) is 1.66. The largest absolute Gasteiger partial charge is 0.480 e. The van der Waals surface area contributed by atoms with Crippen LogP contribution in [0.15, 0.2) is 0 Å². The second kappa shape index (κ2) is 5.18. The van der Waals surface area contributed by atoms with Crippen molar-refractivity contribution in [2.45, 2.75) is 13.0 Å². The first-order valence-corrected chi connectivity index (χ1v) is 3.88. The molecule has 0 aromatic rings. The van der Waals surface area contributed by atoms with E-state index in [-0.39, 0.29) is 6.54 Å². The Morgan fingerprint density at radius 3 is 2.07 bits per heavy atom. The Morgan fingerprint density at radius 2 is 1.79 bits per heavy atom. The third kappa shape index (κ3) is 4.41. The van der Waals surface area contributed by atoms with Crippen LogP contribution in [-0.2, 0) is 14.4 Å². The minimum absolute atomic E-state index is 0.309. The first kappa shape index (κ1) is 12.4. The summed E-state index contributed by atoms with van der Waals surface area (Å²) in [6, 6.07) is -0.835. The fourth-order valence-corrected chi connectivity index (χ4v) is 0.884. The maximum Gasteiger partial charge on any atom is 0.317 e. The number of rotatable bonds is 6. The van der Waals surface area contributed by atoms with E-state index in [9.17, 15) is 14.4 Å². The summed E-state index contributed by atoms with van der Waals surface area (Å²) in [7, 11) is 0. The second-order valence-electron chi connectivity index (χ2n) is 2.84. The number of carbonyl (C=O) groups excluding carboxylic acids is 2. The average Bonchev–Trinajstić information content (AvgIpc) is 1.99. The highest BCUT2D eigenvalue weighted by Gasteiger charge is 2.22. The summed E-state index contributed by atoms with van der Waals surface area (Å²) in [6.07, 6.45) is 0. The molecule has 7 heteroatoms. The summed E-state index contributed by atoms with van der Waals surface area (Å²) < 4.78 is 0. The molecule has 7 nitrogen and oxygen atoms in total. The third-order valence-corrected chi connectivity index (χ3v) is 1.66. The van der Waals surface area contributed by atoms with Crippen LogP contribution in [0.25, 0.3) is 0 Å². The number of nitrogens with two attached hydrogens (primary N) is 2. The van der Waals surface area contributed by atoms with Gasteiger partial charge in [0, 0.05) is 0 Å². The second-order valence-corrected chi connectivity index (χ2v) is 2.84. The molecule has 1 atom stereocenters. The van der Waals surface area contributed by atoms with Gasteiger partial charge in [0.05, 0.1) is 19.1 Å². The van der Waals surface area contributed by atoms with Gasteiger partial charge in [0.2, 0.25) is 11.8 Å². The van der Waals surface area contributed by atoms with Gasteiger partial charge >= 0.3 is 5.97 Å². The normalized spacial score (nSPS) is 12.4. The lowest BCUT2D eigenvalue weighted by Crippen LogP contribution is -2.48. The lowest BCUT2D eigenvalue weighted by Gasteiger charge is -2.23. The minimum atomic E-state index is -1.15. The Balaban J connectivity index is 4.45.